The van der Waals surface area contributed by atoms with Crippen LogP contribution in [0.3, 0.4) is 0 Å². The van der Waals surface area contributed by atoms with E-state index in [2.05, 4.69) is 37.5 Å². The summed E-state index contributed by atoms with van der Waals surface area (Å²) in [7, 11) is 0. The molecule has 0 aromatic rings. The van der Waals surface area contributed by atoms with E-state index in [0.717, 1.165) is 32.4 Å². The molecule has 0 N–H and O–H groups in total. The van der Waals surface area contributed by atoms with Crippen molar-refractivity contribution in [3.05, 3.63) is 0 Å². The Bertz CT molecular complexity index is 312. The van der Waals surface area contributed by atoms with Gasteiger partial charge in [0.2, 0.25) is 5.91 Å². The molecule has 2 heterocycles. The molecule has 2 aliphatic rings. The minimum atomic E-state index is 0.394. The van der Waals surface area contributed by atoms with Gasteiger partial charge in [-0.25, -0.2) is 0 Å². The Morgan fingerprint density at radius 2 is 1.32 bits per heavy atom. The summed E-state index contributed by atoms with van der Waals surface area (Å²) in [5.74, 6) is 0.394. The van der Waals surface area contributed by atoms with Crippen LogP contribution in [0.5, 0.6) is 0 Å². The first-order chi connectivity index (χ1) is 12.1. The maximum Gasteiger partial charge on any atom is 0.222 e. The van der Waals surface area contributed by atoms with E-state index in [1.807, 2.05) is 13.8 Å². The Kier molecular flexibility index (Phi) is 14.3. The molecule has 3 nitrogen and oxygen atoms in total. The molecular weight excluding hydrogens is 308 g/mol. The summed E-state index contributed by atoms with van der Waals surface area (Å²) in [6.45, 7) is 18.5. The third kappa shape index (κ3) is 9.08. The highest BCUT2D eigenvalue weighted by Crippen LogP contribution is 2.41. The van der Waals surface area contributed by atoms with Gasteiger partial charge in [-0.15, -0.1) is 0 Å². The highest BCUT2D eigenvalue weighted by molar-refractivity contribution is 5.76. The molecular formula is C22H46N2O. The zero-order valence-electron chi connectivity index (χ0n) is 18.2. The molecule has 0 aromatic carbocycles. The normalized spacial score (nSPS) is 19.5. The summed E-state index contributed by atoms with van der Waals surface area (Å²) in [6, 6.07) is 0. The topological polar surface area (TPSA) is 23.6 Å². The van der Waals surface area contributed by atoms with Crippen molar-refractivity contribution < 1.29 is 4.79 Å². The number of piperidine rings is 2. The second-order valence-electron chi connectivity index (χ2n) is 7.53. The number of likely N-dealkylation sites (tertiary alicyclic amines) is 2. The van der Waals surface area contributed by atoms with Crippen molar-refractivity contribution in [3.8, 4) is 0 Å². The maximum absolute atomic E-state index is 12.1. The van der Waals surface area contributed by atoms with Crippen LogP contribution in [-0.4, -0.2) is 48.4 Å². The van der Waals surface area contributed by atoms with Crippen molar-refractivity contribution in [1.82, 2.24) is 9.80 Å². The van der Waals surface area contributed by atoms with Gasteiger partial charge in [-0.2, -0.15) is 0 Å². The molecule has 0 aliphatic carbocycles. The zero-order chi connectivity index (χ0) is 19.1. The Balaban J connectivity index is 0.00000104. The van der Waals surface area contributed by atoms with Gasteiger partial charge in [0.1, 0.15) is 0 Å². The van der Waals surface area contributed by atoms with Crippen LogP contribution in [0, 0.1) is 5.41 Å². The number of carbonyl (C=O) groups is 1. The molecule has 1 amide bonds. The fourth-order valence-corrected chi connectivity index (χ4v) is 3.78. The Morgan fingerprint density at radius 3 is 1.76 bits per heavy atom. The van der Waals surface area contributed by atoms with Crippen LogP contribution < -0.4 is 0 Å². The van der Waals surface area contributed by atoms with E-state index in [0.29, 0.717) is 11.3 Å². The summed E-state index contributed by atoms with van der Waals surface area (Å²) >= 11 is 0. The molecule has 0 bridgehead atoms. The molecule has 0 unspecified atom stereocenters. The highest BCUT2D eigenvalue weighted by atomic mass is 16.2. The van der Waals surface area contributed by atoms with Crippen LogP contribution in [0.1, 0.15) is 99.3 Å². The van der Waals surface area contributed by atoms with Gasteiger partial charge < -0.3 is 9.80 Å². The number of amides is 1. The van der Waals surface area contributed by atoms with Gasteiger partial charge >= 0.3 is 0 Å². The van der Waals surface area contributed by atoms with Crippen LogP contribution >= 0.6 is 0 Å². The number of nitrogens with zero attached hydrogens (tertiary/aromatic N) is 2. The highest BCUT2D eigenvalue weighted by Gasteiger charge is 2.38. The number of hydrogen-bond acceptors (Lipinski definition) is 2. The van der Waals surface area contributed by atoms with E-state index >= 15 is 0 Å². The summed E-state index contributed by atoms with van der Waals surface area (Å²) in [5.41, 5.74) is 0.561. The van der Waals surface area contributed by atoms with Gasteiger partial charge in [0, 0.05) is 19.5 Å². The van der Waals surface area contributed by atoms with Gasteiger partial charge in [0.15, 0.2) is 0 Å². The lowest BCUT2D eigenvalue weighted by atomic mass is 9.71. The molecule has 0 saturated carbocycles. The van der Waals surface area contributed by atoms with Gasteiger partial charge in [0.05, 0.1) is 0 Å². The number of rotatable bonds is 5. The molecule has 2 saturated heterocycles. The molecule has 2 aliphatic heterocycles. The van der Waals surface area contributed by atoms with Crippen molar-refractivity contribution in [2.45, 2.75) is 99.3 Å². The summed E-state index contributed by atoms with van der Waals surface area (Å²) in [6.07, 6.45) is 10.6. The van der Waals surface area contributed by atoms with Crippen molar-refractivity contribution in [2.75, 3.05) is 32.7 Å². The molecule has 2 fully saturated rings. The predicted molar refractivity (Wildman–Crippen MR) is 111 cm³/mol. The van der Waals surface area contributed by atoms with E-state index < -0.39 is 0 Å². The second kappa shape index (κ2) is 14.6. The van der Waals surface area contributed by atoms with Gasteiger partial charge in [-0.3, -0.25) is 4.79 Å². The Morgan fingerprint density at radius 1 is 0.840 bits per heavy atom. The minimum Gasteiger partial charge on any atom is -0.343 e. The van der Waals surface area contributed by atoms with Crippen LogP contribution in [0.2, 0.25) is 0 Å². The van der Waals surface area contributed by atoms with Crippen molar-refractivity contribution >= 4 is 5.91 Å². The summed E-state index contributed by atoms with van der Waals surface area (Å²) < 4.78 is 0. The van der Waals surface area contributed by atoms with Crippen molar-refractivity contribution in [3.63, 3.8) is 0 Å². The SMILES string of the molecule is CC.CCC.CCCCC(=O)N1CCC2(CCN(CCC)CC2)CC1. The largest absolute Gasteiger partial charge is 0.343 e. The summed E-state index contributed by atoms with van der Waals surface area (Å²) in [5, 5.41) is 0. The monoisotopic (exact) mass is 354 g/mol. The van der Waals surface area contributed by atoms with E-state index in [-0.39, 0.29) is 0 Å². The first-order valence-electron chi connectivity index (χ1n) is 11.1. The second-order valence-corrected chi connectivity index (χ2v) is 7.53. The average molecular weight is 355 g/mol. The third-order valence-corrected chi connectivity index (χ3v) is 5.38. The maximum atomic E-state index is 12.1. The molecule has 0 atom stereocenters. The van der Waals surface area contributed by atoms with E-state index in [9.17, 15) is 4.79 Å². The molecule has 0 radical (unpaired) electrons. The lowest BCUT2D eigenvalue weighted by Gasteiger charge is -2.47. The Labute approximate surface area is 158 Å². The predicted octanol–water partition coefficient (Wildman–Crippen LogP) is 5.73. The van der Waals surface area contributed by atoms with Crippen LogP contribution in [-0.2, 0) is 4.79 Å². The van der Waals surface area contributed by atoms with E-state index in [1.165, 1.54) is 58.2 Å². The number of carbonyl (C=O) groups excluding carboxylic acids is 1. The van der Waals surface area contributed by atoms with Crippen molar-refractivity contribution in [2.24, 2.45) is 5.41 Å². The number of hydrogen-bond donors (Lipinski definition) is 0. The average Bonchev–Trinajstić information content (AvgIpc) is 2.65. The minimum absolute atomic E-state index is 0.394. The van der Waals surface area contributed by atoms with Gasteiger partial charge in [-0.1, -0.05) is 54.4 Å². The fraction of sp³-hybridized carbons (Fsp3) is 0.955. The summed E-state index contributed by atoms with van der Waals surface area (Å²) in [4.78, 5) is 16.8. The lowest BCUT2D eigenvalue weighted by Crippen LogP contribution is -2.48. The quantitative estimate of drug-likeness (QED) is 0.629. The molecule has 1 spiro atoms. The standard InChI is InChI=1S/C17H32N2O.C3H8.C2H6/c1-3-5-6-16(20)19-14-9-17(10-15-19)7-12-18(11-4-2)13-8-17;1-3-2;1-2/h3-15H2,1-2H3;3H2,1-2H3;1-2H3. The van der Waals surface area contributed by atoms with E-state index in [1.54, 1.807) is 0 Å². The first-order valence-corrected chi connectivity index (χ1v) is 11.1. The third-order valence-electron chi connectivity index (χ3n) is 5.38. The molecule has 150 valence electrons. The molecule has 3 heteroatoms. The Hall–Kier alpha value is -0.570. The van der Waals surface area contributed by atoms with Gasteiger partial charge in [0.25, 0.3) is 0 Å². The zero-order valence-corrected chi connectivity index (χ0v) is 18.2. The number of unbranched alkanes of at least 4 members (excludes halogenated alkanes) is 1. The lowest BCUT2D eigenvalue weighted by molar-refractivity contribution is -0.134. The fourth-order valence-electron chi connectivity index (χ4n) is 3.78. The van der Waals surface area contributed by atoms with E-state index in [4.69, 9.17) is 0 Å². The smallest absolute Gasteiger partial charge is 0.222 e. The van der Waals surface area contributed by atoms with Crippen LogP contribution in [0.4, 0.5) is 0 Å². The molecule has 0 aromatic heterocycles. The van der Waals surface area contributed by atoms with Crippen molar-refractivity contribution in [1.29, 1.82) is 0 Å². The van der Waals surface area contributed by atoms with Crippen LogP contribution in [0.25, 0.3) is 0 Å². The molecule has 25 heavy (non-hydrogen) atoms. The first kappa shape index (κ1) is 24.4. The van der Waals surface area contributed by atoms with Crippen LogP contribution in [0.15, 0.2) is 0 Å². The molecule has 2 rings (SSSR count). The van der Waals surface area contributed by atoms with Gasteiger partial charge in [-0.05, 0) is 63.6 Å².